The molecule has 0 radical (unpaired) electrons. The van der Waals surface area contributed by atoms with Gasteiger partial charge in [0.05, 0.1) is 18.3 Å². The Bertz CT molecular complexity index is 657. The number of carbonyl (C=O) groups is 1. The van der Waals surface area contributed by atoms with Crippen molar-refractivity contribution in [3.8, 4) is 5.69 Å². The smallest absolute Gasteiger partial charge is 0.315 e. The van der Waals surface area contributed by atoms with Gasteiger partial charge in [0.1, 0.15) is 11.6 Å². The molecule has 1 aromatic carbocycles. The van der Waals surface area contributed by atoms with Gasteiger partial charge in [0.15, 0.2) is 0 Å². The third kappa shape index (κ3) is 3.82. The van der Waals surface area contributed by atoms with Gasteiger partial charge < -0.3 is 20.3 Å². The largest absolute Gasteiger partial charge is 0.394 e. The molecule has 118 valence electrons. The SMILES string of the molecule is Cc1nccn1-c1ccc(CNC(=O)N[C@@H](C)CO)cc1F. The molecule has 2 amide bonds. The van der Waals surface area contributed by atoms with Crippen molar-refractivity contribution in [1.82, 2.24) is 20.2 Å². The average Bonchev–Trinajstić information content (AvgIpc) is 2.91. The van der Waals surface area contributed by atoms with E-state index in [1.54, 1.807) is 42.9 Å². The maximum absolute atomic E-state index is 14.2. The fourth-order valence-corrected chi connectivity index (χ4v) is 1.99. The second-order valence-electron chi connectivity index (χ2n) is 5.04. The van der Waals surface area contributed by atoms with Crippen molar-refractivity contribution in [2.75, 3.05) is 6.61 Å². The molecule has 2 rings (SSSR count). The highest BCUT2D eigenvalue weighted by atomic mass is 19.1. The van der Waals surface area contributed by atoms with Gasteiger partial charge >= 0.3 is 6.03 Å². The number of hydrogen-bond acceptors (Lipinski definition) is 3. The summed E-state index contributed by atoms with van der Waals surface area (Å²) in [5, 5.41) is 14.0. The first kappa shape index (κ1) is 16.0. The number of carbonyl (C=O) groups excluding carboxylic acids is 1. The van der Waals surface area contributed by atoms with Crippen molar-refractivity contribution in [2.45, 2.75) is 26.4 Å². The average molecular weight is 306 g/mol. The van der Waals surface area contributed by atoms with Crippen LogP contribution in [0.15, 0.2) is 30.6 Å². The molecule has 22 heavy (non-hydrogen) atoms. The number of rotatable bonds is 5. The minimum atomic E-state index is -0.406. The zero-order valence-electron chi connectivity index (χ0n) is 12.5. The number of aliphatic hydroxyl groups excluding tert-OH is 1. The van der Waals surface area contributed by atoms with Gasteiger partial charge in [-0.1, -0.05) is 6.07 Å². The predicted molar refractivity (Wildman–Crippen MR) is 80.2 cm³/mol. The predicted octanol–water partition coefficient (Wildman–Crippen LogP) is 1.50. The molecule has 1 aromatic heterocycles. The molecule has 0 unspecified atom stereocenters. The number of aromatic nitrogens is 2. The fourth-order valence-electron chi connectivity index (χ4n) is 1.99. The van der Waals surface area contributed by atoms with Gasteiger partial charge in [-0.25, -0.2) is 14.2 Å². The molecule has 1 heterocycles. The quantitative estimate of drug-likeness (QED) is 0.783. The number of hydrogen-bond donors (Lipinski definition) is 3. The summed E-state index contributed by atoms with van der Waals surface area (Å²) in [6, 6.07) is 4.03. The van der Waals surface area contributed by atoms with E-state index >= 15 is 0 Å². The highest BCUT2D eigenvalue weighted by Crippen LogP contribution is 2.16. The number of aryl methyl sites for hydroxylation is 1. The molecule has 0 aliphatic rings. The lowest BCUT2D eigenvalue weighted by Gasteiger charge is -2.13. The Morgan fingerprint density at radius 3 is 2.86 bits per heavy atom. The molecule has 0 fully saturated rings. The highest BCUT2D eigenvalue weighted by Gasteiger charge is 2.09. The van der Waals surface area contributed by atoms with E-state index in [2.05, 4.69) is 15.6 Å². The Hall–Kier alpha value is -2.41. The van der Waals surface area contributed by atoms with Gasteiger partial charge in [-0.05, 0) is 31.5 Å². The molecule has 3 N–H and O–H groups in total. The van der Waals surface area contributed by atoms with Crippen LogP contribution < -0.4 is 10.6 Å². The molecule has 2 aromatic rings. The summed E-state index contributed by atoms with van der Waals surface area (Å²) in [5.41, 5.74) is 1.06. The summed E-state index contributed by atoms with van der Waals surface area (Å²) >= 11 is 0. The van der Waals surface area contributed by atoms with Crippen LogP contribution in [-0.2, 0) is 6.54 Å². The Morgan fingerprint density at radius 1 is 1.50 bits per heavy atom. The van der Waals surface area contributed by atoms with Crippen LogP contribution >= 0.6 is 0 Å². The Kier molecular flexibility index (Phi) is 5.11. The van der Waals surface area contributed by atoms with Gasteiger partial charge in [0.2, 0.25) is 0 Å². The van der Waals surface area contributed by atoms with Crippen molar-refractivity contribution in [3.63, 3.8) is 0 Å². The molecule has 0 aliphatic heterocycles. The van der Waals surface area contributed by atoms with Crippen molar-refractivity contribution >= 4 is 6.03 Å². The lowest BCUT2D eigenvalue weighted by molar-refractivity contribution is 0.220. The molecule has 6 nitrogen and oxygen atoms in total. The summed E-state index contributed by atoms with van der Waals surface area (Å²) in [7, 11) is 0. The van der Waals surface area contributed by atoms with E-state index in [1.807, 2.05) is 0 Å². The van der Waals surface area contributed by atoms with Crippen molar-refractivity contribution in [3.05, 3.63) is 47.8 Å². The maximum atomic E-state index is 14.2. The van der Waals surface area contributed by atoms with Gasteiger partial charge in [0.25, 0.3) is 0 Å². The summed E-state index contributed by atoms with van der Waals surface area (Å²) in [5.74, 6) is 0.312. The third-order valence-corrected chi connectivity index (χ3v) is 3.20. The summed E-state index contributed by atoms with van der Waals surface area (Å²) < 4.78 is 15.8. The zero-order valence-corrected chi connectivity index (χ0v) is 12.5. The number of nitrogens with zero attached hydrogens (tertiary/aromatic N) is 2. The van der Waals surface area contributed by atoms with E-state index < -0.39 is 6.03 Å². The molecular formula is C15H19FN4O2. The van der Waals surface area contributed by atoms with Crippen LogP contribution in [0.2, 0.25) is 0 Å². The molecule has 0 bridgehead atoms. The highest BCUT2D eigenvalue weighted by molar-refractivity contribution is 5.74. The van der Waals surface area contributed by atoms with Crippen LogP contribution in [-0.4, -0.2) is 33.3 Å². The number of aliphatic hydroxyl groups is 1. The molecule has 0 saturated heterocycles. The summed E-state index contributed by atoms with van der Waals surface area (Å²) in [6.45, 7) is 3.54. The molecule has 0 aliphatic carbocycles. The molecule has 7 heteroatoms. The summed E-state index contributed by atoms with van der Waals surface area (Å²) in [4.78, 5) is 15.6. The Morgan fingerprint density at radius 2 is 2.27 bits per heavy atom. The van der Waals surface area contributed by atoms with Crippen LogP contribution in [0.5, 0.6) is 0 Å². The first-order valence-electron chi connectivity index (χ1n) is 6.95. The number of benzene rings is 1. The minimum Gasteiger partial charge on any atom is -0.394 e. The number of imidazole rings is 1. The van der Waals surface area contributed by atoms with Crippen molar-refractivity contribution < 1.29 is 14.3 Å². The maximum Gasteiger partial charge on any atom is 0.315 e. The second-order valence-corrected chi connectivity index (χ2v) is 5.04. The normalized spacial score (nSPS) is 12.0. The number of urea groups is 1. The topological polar surface area (TPSA) is 79.2 Å². The van der Waals surface area contributed by atoms with Crippen LogP contribution in [0, 0.1) is 12.7 Å². The lowest BCUT2D eigenvalue weighted by Crippen LogP contribution is -2.41. The van der Waals surface area contributed by atoms with E-state index in [9.17, 15) is 9.18 Å². The van der Waals surface area contributed by atoms with E-state index in [4.69, 9.17) is 5.11 Å². The van der Waals surface area contributed by atoms with Crippen LogP contribution in [0.1, 0.15) is 18.3 Å². The van der Waals surface area contributed by atoms with E-state index in [0.717, 1.165) is 0 Å². The van der Waals surface area contributed by atoms with Crippen LogP contribution in [0.25, 0.3) is 5.69 Å². The molecule has 0 spiro atoms. The van der Waals surface area contributed by atoms with Gasteiger partial charge in [-0.2, -0.15) is 0 Å². The fraction of sp³-hybridized carbons (Fsp3) is 0.333. The van der Waals surface area contributed by atoms with Gasteiger partial charge in [0, 0.05) is 18.9 Å². The number of halogens is 1. The van der Waals surface area contributed by atoms with Gasteiger partial charge in [-0.3, -0.25) is 0 Å². The third-order valence-electron chi connectivity index (χ3n) is 3.20. The molecule has 1 atom stereocenters. The first-order chi connectivity index (χ1) is 10.5. The van der Waals surface area contributed by atoms with Crippen molar-refractivity contribution in [2.24, 2.45) is 0 Å². The Labute approximate surface area is 128 Å². The second kappa shape index (κ2) is 7.04. The molecular weight excluding hydrogens is 287 g/mol. The minimum absolute atomic E-state index is 0.138. The number of amides is 2. The summed E-state index contributed by atoms with van der Waals surface area (Å²) in [6.07, 6.45) is 3.30. The van der Waals surface area contributed by atoms with Crippen LogP contribution in [0.4, 0.5) is 9.18 Å². The molecule has 0 saturated carbocycles. The van der Waals surface area contributed by atoms with E-state index in [-0.39, 0.29) is 25.0 Å². The monoisotopic (exact) mass is 306 g/mol. The van der Waals surface area contributed by atoms with E-state index in [1.165, 1.54) is 6.07 Å². The zero-order chi connectivity index (χ0) is 16.1. The standard InChI is InChI=1S/C15H19FN4O2/c1-10(9-21)19-15(22)18-8-12-3-4-14(13(16)7-12)20-6-5-17-11(20)2/h3-7,10,21H,8-9H2,1-2H3,(H2,18,19,22)/t10-/m0/s1. The van der Waals surface area contributed by atoms with Gasteiger partial charge in [-0.15, -0.1) is 0 Å². The Balaban J connectivity index is 2.01. The van der Waals surface area contributed by atoms with Crippen LogP contribution in [0.3, 0.4) is 0 Å². The lowest BCUT2D eigenvalue weighted by atomic mass is 10.2. The van der Waals surface area contributed by atoms with Crippen molar-refractivity contribution in [1.29, 1.82) is 0 Å². The van der Waals surface area contributed by atoms with E-state index in [0.29, 0.717) is 17.1 Å². The first-order valence-corrected chi connectivity index (χ1v) is 6.95. The number of nitrogens with one attached hydrogen (secondary N) is 2.